The van der Waals surface area contributed by atoms with Crippen molar-refractivity contribution in [1.29, 1.82) is 0 Å². The summed E-state index contributed by atoms with van der Waals surface area (Å²) in [5, 5.41) is 0. The quantitative estimate of drug-likeness (QED) is 0.217. The van der Waals surface area contributed by atoms with E-state index < -0.39 is 17.2 Å². The number of nitrogens with zero attached hydrogens (tertiary/aromatic N) is 2. The lowest BCUT2D eigenvalue weighted by Crippen LogP contribution is -2.41. The third-order valence-corrected chi connectivity index (χ3v) is 8.24. The van der Waals surface area contributed by atoms with Gasteiger partial charge in [-0.15, -0.1) is 0 Å². The molecule has 5 rings (SSSR count). The van der Waals surface area contributed by atoms with Crippen molar-refractivity contribution in [3.8, 4) is 28.5 Å². The molecule has 0 unspecified atom stereocenters. The maximum absolute atomic E-state index is 13.7. The van der Waals surface area contributed by atoms with Gasteiger partial charge in [0.2, 0.25) is 0 Å². The maximum atomic E-state index is 13.7. The summed E-state index contributed by atoms with van der Waals surface area (Å²) in [4.78, 5) is 33.0. The number of rotatable bonds is 10. The van der Waals surface area contributed by atoms with E-state index in [-0.39, 0.29) is 23.4 Å². The first-order valence-electron chi connectivity index (χ1n) is 16.7. The lowest BCUT2D eigenvalue weighted by atomic mass is 9.85. The van der Waals surface area contributed by atoms with Crippen LogP contribution in [-0.4, -0.2) is 60.0 Å². The number of methoxy groups -OCH3 is 1. The van der Waals surface area contributed by atoms with E-state index in [1.54, 1.807) is 12.0 Å². The van der Waals surface area contributed by atoms with E-state index in [0.29, 0.717) is 67.8 Å². The predicted molar refractivity (Wildman–Crippen MR) is 185 cm³/mol. The van der Waals surface area contributed by atoms with Crippen molar-refractivity contribution in [3.05, 3.63) is 65.2 Å². The van der Waals surface area contributed by atoms with Crippen LogP contribution in [0.1, 0.15) is 94.6 Å². The SMILES string of the molecule is COc1ccc(COc2cccc(OCC3CC3)c2-c2cc(C3CCN(C(=O)OC(C)(C)C)CC3)c(C(=O)OC(C)(C)C)c(N)n2)cc1. The van der Waals surface area contributed by atoms with Crippen LogP contribution in [0.5, 0.6) is 17.2 Å². The second kappa shape index (κ2) is 14.3. The molecule has 2 aromatic carbocycles. The lowest BCUT2D eigenvalue weighted by Gasteiger charge is -2.34. The van der Waals surface area contributed by atoms with Crippen LogP contribution in [0.4, 0.5) is 10.6 Å². The zero-order chi connectivity index (χ0) is 34.6. The Labute approximate surface area is 283 Å². The lowest BCUT2D eigenvalue weighted by molar-refractivity contribution is 0.00643. The Hall–Kier alpha value is -4.47. The van der Waals surface area contributed by atoms with Gasteiger partial charge in [0, 0.05) is 13.1 Å². The number of nitrogen functional groups attached to an aromatic ring is 1. The van der Waals surface area contributed by atoms with Gasteiger partial charge in [-0.3, -0.25) is 0 Å². The topological polar surface area (TPSA) is 122 Å². The maximum Gasteiger partial charge on any atom is 0.410 e. The molecule has 2 N–H and O–H groups in total. The van der Waals surface area contributed by atoms with Crippen molar-refractivity contribution in [1.82, 2.24) is 9.88 Å². The molecule has 48 heavy (non-hydrogen) atoms. The van der Waals surface area contributed by atoms with Gasteiger partial charge in [-0.25, -0.2) is 14.6 Å². The van der Waals surface area contributed by atoms with Crippen molar-refractivity contribution >= 4 is 17.9 Å². The molecule has 1 aliphatic heterocycles. The summed E-state index contributed by atoms with van der Waals surface area (Å²) in [6, 6.07) is 15.3. The normalized spacial score (nSPS) is 15.5. The molecule has 1 saturated carbocycles. The molecule has 0 atom stereocenters. The van der Waals surface area contributed by atoms with Crippen LogP contribution < -0.4 is 19.9 Å². The molecule has 0 radical (unpaired) electrons. The van der Waals surface area contributed by atoms with Gasteiger partial charge in [-0.1, -0.05) is 18.2 Å². The van der Waals surface area contributed by atoms with Gasteiger partial charge in [-0.2, -0.15) is 0 Å². The van der Waals surface area contributed by atoms with Crippen molar-refractivity contribution in [3.63, 3.8) is 0 Å². The summed E-state index contributed by atoms with van der Waals surface area (Å²) < 4.78 is 29.5. The van der Waals surface area contributed by atoms with Crippen LogP contribution in [0.25, 0.3) is 11.3 Å². The van der Waals surface area contributed by atoms with E-state index >= 15 is 0 Å². The van der Waals surface area contributed by atoms with Crippen LogP contribution in [0.3, 0.4) is 0 Å². The molecule has 258 valence electrons. The minimum atomic E-state index is -0.731. The third kappa shape index (κ3) is 9.11. The molecule has 10 heteroatoms. The highest BCUT2D eigenvalue weighted by Gasteiger charge is 2.33. The minimum absolute atomic E-state index is 0.0735. The van der Waals surface area contributed by atoms with Crippen LogP contribution in [0.15, 0.2) is 48.5 Å². The number of nitrogens with two attached hydrogens (primary N) is 1. The van der Waals surface area contributed by atoms with Gasteiger partial charge in [0.05, 0.1) is 25.0 Å². The summed E-state index contributed by atoms with van der Waals surface area (Å²) in [5.74, 6) is 1.98. The standard InChI is InChI=1S/C38H49N3O7/c1-37(2,3)47-35(42)32-28(26-17-19-41(20-18-26)36(43)48-38(4,5)6)21-29(40-34(32)39)33-30(45-22-24-11-12-24)9-8-10-31(33)46-23-25-13-15-27(44-7)16-14-25/h8-10,13-16,21,24,26H,11-12,17-20,22-23H2,1-7H3,(H2,39,40). The molecular weight excluding hydrogens is 610 g/mol. The number of carbonyl (C=O) groups excluding carboxylic acids is 2. The number of benzene rings is 2. The molecule has 2 aliphatic rings. The van der Waals surface area contributed by atoms with Gasteiger partial charge in [0.15, 0.2) is 0 Å². The zero-order valence-electron chi connectivity index (χ0n) is 29.3. The first-order chi connectivity index (χ1) is 22.7. The average molecular weight is 660 g/mol. The molecule has 1 aliphatic carbocycles. The number of pyridine rings is 1. The Morgan fingerprint density at radius 3 is 2.08 bits per heavy atom. The first-order valence-corrected chi connectivity index (χ1v) is 16.7. The Kier molecular flexibility index (Phi) is 10.4. The van der Waals surface area contributed by atoms with E-state index in [9.17, 15) is 9.59 Å². The van der Waals surface area contributed by atoms with Crippen LogP contribution in [-0.2, 0) is 16.1 Å². The second-order valence-electron chi connectivity index (χ2n) is 14.6. The fourth-order valence-corrected chi connectivity index (χ4v) is 5.67. The van der Waals surface area contributed by atoms with Crippen LogP contribution in [0, 0.1) is 5.92 Å². The van der Waals surface area contributed by atoms with Crippen LogP contribution in [0.2, 0.25) is 0 Å². The number of anilines is 1. The van der Waals surface area contributed by atoms with Gasteiger partial charge < -0.3 is 34.3 Å². The largest absolute Gasteiger partial charge is 0.497 e. The first kappa shape index (κ1) is 34.9. The van der Waals surface area contributed by atoms with E-state index in [2.05, 4.69) is 0 Å². The number of carbonyl (C=O) groups is 2. The molecule has 2 fully saturated rings. The van der Waals surface area contributed by atoms with Crippen molar-refractivity contribution < 1.29 is 33.3 Å². The summed E-state index contributed by atoms with van der Waals surface area (Å²) in [6.07, 6.45) is 3.16. The van der Waals surface area contributed by atoms with E-state index in [1.165, 1.54) is 0 Å². The highest BCUT2D eigenvalue weighted by molar-refractivity contribution is 5.97. The number of aromatic nitrogens is 1. The number of esters is 1. The summed E-state index contributed by atoms with van der Waals surface area (Å²) in [6.45, 7) is 12.9. The second-order valence-corrected chi connectivity index (χ2v) is 14.6. The Morgan fingerprint density at radius 1 is 0.875 bits per heavy atom. The number of piperidine rings is 1. The monoisotopic (exact) mass is 659 g/mol. The van der Waals surface area contributed by atoms with Crippen molar-refractivity contribution in [2.75, 3.05) is 32.5 Å². The highest BCUT2D eigenvalue weighted by Crippen LogP contribution is 2.43. The molecule has 0 bridgehead atoms. The molecular formula is C38H49N3O7. The molecule has 2 heterocycles. The number of ether oxygens (including phenoxy) is 5. The number of amides is 1. The fraction of sp³-hybridized carbons (Fsp3) is 0.500. The van der Waals surface area contributed by atoms with E-state index in [0.717, 1.165) is 29.7 Å². The fourth-order valence-electron chi connectivity index (χ4n) is 5.67. The molecule has 1 saturated heterocycles. The molecule has 10 nitrogen and oxygen atoms in total. The molecule has 0 spiro atoms. The number of hydrogen-bond donors (Lipinski definition) is 1. The van der Waals surface area contributed by atoms with E-state index in [4.69, 9.17) is 34.4 Å². The predicted octanol–water partition coefficient (Wildman–Crippen LogP) is 7.78. The summed E-state index contributed by atoms with van der Waals surface area (Å²) in [7, 11) is 1.64. The molecule has 1 aromatic heterocycles. The summed E-state index contributed by atoms with van der Waals surface area (Å²) in [5.41, 5.74) is 8.51. The van der Waals surface area contributed by atoms with Crippen LogP contribution >= 0.6 is 0 Å². The van der Waals surface area contributed by atoms with E-state index in [1.807, 2.05) is 90.1 Å². The van der Waals surface area contributed by atoms with Gasteiger partial charge in [-0.05, 0) is 121 Å². The van der Waals surface area contributed by atoms with Crippen molar-refractivity contribution in [2.24, 2.45) is 5.92 Å². The van der Waals surface area contributed by atoms with Gasteiger partial charge in [0.1, 0.15) is 46.4 Å². The average Bonchev–Trinajstić information content (AvgIpc) is 3.85. The number of hydrogen-bond acceptors (Lipinski definition) is 9. The van der Waals surface area contributed by atoms with Gasteiger partial charge >= 0.3 is 12.1 Å². The molecule has 1 amide bonds. The number of likely N-dealkylation sites (tertiary alicyclic amines) is 1. The third-order valence-electron chi connectivity index (χ3n) is 8.24. The Morgan fingerprint density at radius 2 is 1.50 bits per heavy atom. The minimum Gasteiger partial charge on any atom is -0.497 e. The zero-order valence-corrected chi connectivity index (χ0v) is 29.3. The highest BCUT2D eigenvalue weighted by atomic mass is 16.6. The summed E-state index contributed by atoms with van der Waals surface area (Å²) >= 11 is 0. The Balaban J connectivity index is 1.52. The van der Waals surface area contributed by atoms with Crippen molar-refractivity contribution in [2.45, 2.75) is 91.0 Å². The smallest absolute Gasteiger partial charge is 0.410 e. The Bertz CT molecular complexity index is 1600. The molecule has 3 aromatic rings. The van der Waals surface area contributed by atoms with Gasteiger partial charge in [0.25, 0.3) is 0 Å².